The smallest absolute Gasteiger partial charge is 0.410 e. The zero-order valence-electron chi connectivity index (χ0n) is 30.8. The largest absolute Gasteiger partial charge is 0.453 e. The Bertz CT molecular complexity index is 2730. The first-order chi connectivity index (χ1) is 28.1. The number of carbonyl (C=O) groups is 2. The molecule has 1 aliphatic carbocycles. The van der Waals surface area contributed by atoms with Crippen LogP contribution in [0.25, 0.3) is 32.9 Å². The van der Waals surface area contributed by atoms with Crippen molar-refractivity contribution in [2.24, 2.45) is 0 Å². The monoisotopic (exact) mass is 823 g/mol. The van der Waals surface area contributed by atoms with Crippen molar-refractivity contribution in [3.8, 4) is 17.3 Å². The van der Waals surface area contributed by atoms with Crippen LogP contribution in [0.5, 0.6) is 6.01 Å². The van der Waals surface area contributed by atoms with Crippen LogP contribution < -0.4 is 15.0 Å². The van der Waals surface area contributed by atoms with Crippen molar-refractivity contribution < 1.29 is 31.9 Å². The summed E-state index contributed by atoms with van der Waals surface area (Å²) in [6, 6.07) is 15.8. The molecular formula is C40H35ClFN9O6S. The Kier molecular flexibility index (Phi) is 9.64. The number of nitrogens with one attached hydrogen (secondary N) is 1. The standard InChI is InChI=1S/C40H35ClFN9O6S/c1-2-16-56-40(53)51-26-14-15-27(51)20-49(19-26)38-30-18-43-35(29-10-3-6-23-7-4-11-31(41)33(23)29)34(42)36(30)46-39(47-38)57-21-32(52)45-25-8-5-9-28(17-25)58(54,55)50-22-44-37(48-50)24-12-13-24/h2-11,17-18,22,24,26-27H,1,12-16,19-21H2,(H,45,52)/t26-,27+. The van der Waals surface area contributed by atoms with Crippen molar-refractivity contribution in [3.63, 3.8) is 0 Å². The molecule has 296 valence electrons. The summed E-state index contributed by atoms with van der Waals surface area (Å²) in [6.07, 6.45) is 7.07. The maximum Gasteiger partial charge on any atom is 0.410 e. The van der Waals surface area contributed by atoms with Gasteiger partial charge in [0.05, 0.1) is 22.4 Å². The number of hydrogen-bond donors (Lipinski definition) is 1. The summed E-state index contributed by atoms with van der Waals surface area (Å²) >= 11 is 6.61. The Balaban J connectivity index is 1.02. The molecule has 3 aromatic carbocycles. The highest BCUT2D eigenvalue weighted by molar-refractivity contribution is 7.89. The number of fused-ring (bicyclic) bond motifs is 4. The minimum absolute atomic E-state index is 0.0129. The Morgan fingerprint density at radius 3 is 2.52 bits per heavy atom. The van der Waals surface area contributed by atoms with E-state index >= 15 is 4.39 Å². The highest BCUT2D eigenvalue weighted by Crippen LogP contribution is 2.40. The molecule has 1 N–H and O–H groups in total. The number of amides is 2. The summed E-state index contributed by atoms with van der Waals surface area (Å²) in [6.45, 7) is 3.85. The molecule has 2 amide bonds. The molecule has 5 heterocycles. The lowest BCUT2D eigenvalue weighted by Crippen LogP contribution is -2.56. The van der Waals surface area contributed by atoms with Crippen molar-refractivity contribution in [1.29, 1.82) is 0 Å². The lowest BCUT2D eigenvalue weighted by atomic mass is 10.0. The van der Waals surface area contributed by atoms with E-state index in [0.29, 0.717) is 46.1 Å². The van der Waals surface area contributed by atoms with Crippen LogP contribution in [-0.2, 0) is 19.6 Å². The van der Waals surface area contributed by atoms with Crippen molar-refractivity contribution in [3.05, 3.63) is 103 Å². The van der Waals surface area contributed by atoms with Gasteiger partial charge < -0.3 is 19.7 Å². The van der Waals surface area contributed by atoms with Crippen LogP contribution in [0, 0.1) is 5.82 Å². The number of carbonyl (C=O) groups excluding carboxylic acids is 2. The summed E-state index contributed by atoms with van der Waals surface area (Å²) in [5.41, 5.74) is 0.572. The molecule has 3 fully saturated rings. The molecular weight excluding hydrogens is 789 g/mol. The maximum absolute atomic E-state index is 16.9. The van der Waals surface area contributed by atoms with Crippen LogP contribution in [0.3, 0.4) is 0 Å². The summed E-state index contributed by atoms with van der Waals surface area (Å²) in [5, 5.41) is 8.95. The molecule has 1 saturated carbocycles. The first-order valence-electron chi connectivity index (χ1n) is 18.6. The molecule has 0 spiro atoms. The van der Waals surface area contributed by atoms with Gasteiger partial charge in [-0.3, -0.25) is 14.7 Å². The van der Waals surface area contributed by atoms with Crippen LogP contribution in [0.2, 0.25) is 5.02 Å². The average molecular weight is 824 g/mol. The van der Waals surface area contributed by atoms with E-state index < -0.39 is 34.4 Å². The van der Waals surface area contributed by atoms with Gasteiger partial charge in [0, 0.05) is 46.9 Å². The zero-order valence-corrected chi connectivity index (χ0v) is 32.4. The van der Waals surface area contributed by atoms with E-state index in [4.69, 9.17) is 21.1 Å². The van der Waals surface area contributed by atoms with Crippen LogP contribution in [0.1, 0.15) is 37.4 Å². The highest BCUT2D eigenvalue weighted by atomic mass is 35.5. The van der Waals surface area contributed by atoms with Crippen molar-refractivity contribution in [2.75, 3.05) is 36.5 Å². The minimum atomic E-state index is -4.08. The molecule has 2 aliphatic heterocycles. The van der Waals surface area contributed by atoms with Gasteiger partial charge in [0.15, 0.2) is 18.2 Å². The Morgan fingerprint density at radius 1 is 1.00 bits per heavy atom. The lowest BCUT2D eigenvalue weighted by molar-refractivity contribution is -0.118. The van der Waals surface area contributed by atoms with Crippen molar-refractivity contribution in [1.82, 2.24) is 34.0 Å². The molecule has 58 heavy (non-hydrogen) atoms. The molecule has 3 aromatic heterocycles. The van der Waals surface area contributed by atoms with Gasteiger partial charge in [0.2, 0.25) is 0 Å². The number of rotatable bonds is 11. The number of benzene rings is 3. The predicted octanol–water partition coefficient (Wildman–Crippen LogP) is 6.34. The Hall–Kier alpha value is -6.20. The summed E-state index contributed by atoms with van der Waals surface area (Å²) in [5.74, 6) is -0.425. The molecule has 3 aliphatic rings. The first kappa shape index (κ1) is 37.4. The number of aromatic nitrogens is 6. The third kappa shape index (κ3) is 6.93. The maximum atomic E-state index is 16.9. The van der Waals surface area contributed by atoms with Gasteiger partial charge >= 0.3 is 12.1 Å². The van der Waals surface area contributed by atoms with Crippen LogP contribution in [0.15, 0.2) is 90.7 Å². The zero-order chi connectivity index (χ0) is 40.1. The molecule has 9 rings (SSSR count). The number of hydrogen-bond acceptors (Lipinski definition) is 12. The quantitative estimate of drug-likeness (QED) is 0.144. The second-order valence-corrected chi connectivity index (χ2v) is 16.5. The van der Waals surface area contributed by atoms with Gasteiger partial charge in [0.1, 0.15) is 30.0 Å². The fourth-order valence-corrected chi connectivity index (χ4v) is 9.05. The molecule has 2 bridgehead atoms. The Morgan fingerprint density at radius 2 is 1.76 bits per heavy atom. The molecule has 15 nitrogen and oxygen atoms in total. The Labute approximate surface area is 336 Å². The number of anilines is 2. The summed E-state index contributed by atoms with van der Waals surface area (Å²) < 4.78 is 55.5. The second-order valence-electron chi connectivity index (χ2n) is 14.3. The van der Waals surface area contributed by atoms with Gasteiger partial charge in [-0.15, -0.1) is 9.19 Å². The second kappa shape index (κ2) is 14.9. The van der Waals surface area contributed by atoms with Crippen molar-refractivity contribution in [2.45, 2.75) is 48.6 Å². The molecule has 0 unspecified atom stereocenters. The number of piperazine rings is 1. The molecule has 2 saturated heterocycles. The number of ether oxygens (including phenoxy) is 2. The number of pyridine rings is 1. The van der Waals surface area contributed by atoms with E-state index in [9.17, 15) is 18.0 Å². The van der Waals surface area contributed by atoms with E-state index in [-0.39, 0.29) is 52.4 Å². The van der Waals surface area contributed by atoms with Gasteiger partial charge in [0.25, 0.3) is 15.9 Å². The van der Waals surface area contributed by atoms with E-state index in [1.165, 1.54) is 42.9 Å². The minimum Gasteiger partial charge on any atom is -0.453 e. The summed E-state index contributed by atoms with van der Waals surface area (Å²) in [7, 11) is -4.08. The number of nitrogens with zero attached hydrogens (tertiary/aromatic N) is 8. The van der Waals surface area contributed by atoms with Gasteiger partial charge in [-0.25, -0.2) is 14.2 Å². The normalized spacial score (nSPS) is 17.8. The summed E-state index contributed by atoms with van der Waals surface area (Å²) in [4.78, 5) is 47.6. The molecule has 6 aromatic rings. The van der Waals surface area contributed by atoms with Crippen LogP contribution >= 0.6 is 11.6 Å². The highest BCUT2D eigenvalue weighted by Gasteiger charge is 2.44. The fraction of sp³-hybridized carbons (Fsp3) is 0.275. The van der Waals surface area contributed by atoms with Gasteiger partial charge in [-0.1, -0.05) is 60.7 Å². The molecule has 0 radical (unpaired) electrons. The third-order valence-electron chi connectivity index (χ3n) is 10.5. The van der Waals surface area contributed by atoms with E-state index in [1.54, 1.807) is 23.1 Å². The SMILES string of the molecule is C=CCOC(=O)N1[C@@H]2CC[C@H]1CN(c1nc(OCC(=O)Nc3cccc(S(=O)(=O)n4cnc(C5CC5)n4)c3)nc3c(F)c(-c4cccc5cccc(Cl)c45)ncc13)C2. The van der Waals surface area contributed by atoms with Gasteiger partial charge in [-0.2, -0.15) is 18.4 Å². The fourth-order valence-electron chi connectivity index (χ4n) is 7.66. The lowest BCUT2D eigenvalue weighted by Gasteiger charge is -2.41. The van der Waals surface area contributed by atoms with Crippen LogP contribution in [-0.4, -0.2) is 92.8 Å². The van der Waals surface area contributed by atoms with E-state index in [0.717, 1.165) is 35.2 Å². The predicted molar refractivity (Wildman–Crippen MR) is 213 cm³/mol. The van der Waals surface area contributed by atoms with Crippen LogP contribution in [0.4, 0.5) is 20.7 Å². The number of halogens is 2. The topological polar surface area (TPSA) is 175 Å². The van der Waals surface area contributed by atoms with E-state index in [1.807, 2.05) is 23.1 Å². The van der Waals surface area contributed by atoms with Gasteiger partial charge in [-0.05, 0) is 55.3 Å². The first-order valence-corrected chi connectivity index (χ1v) is 20.5. The third-order valence-corrected chi connectivity index (χ3v) is 12.3. The average Bonchev–Trinajstić information content (AvgIpc) is 3.88. The van der Waals surface area contributed by atoms with Crippen molar-refractivity contribution >= 4 is 66.8 Å². The van der Waals surface area contributed by atoms with E-state index in [2.05, 4.69) is 36.9 Å². The molecule has 18 heteroatoms. The molecule has 2 atom stereocenters.